The predicted molar refractivity (Wildman–Crippen MR) is 79.6 cm³/mol. The Labute approximate surface area is 131 Å². The average molecular weight is 291 g/mol. The van der Waals surface area contributed by atoms with Crippen LogP contribution in [0.3, 0.4) is 0 Å². The minimum absolute atomic E-state index is 0.117. The van der Waals surface area contributed by atoms with Gasteiger partial charge < -0.3 is 9.31 Å². The van der Waals surface area contributed by atoms with Crippen LogP contribution in [0.5, 0.6) is 0 Å². The first-order valence-electron chi connectivity index (χ1n) is 9.08. The summed E-state index contributed by atoms with van der Waals surface area (Å²) in [4.78, 5) is 8.43. The summed E-state index contributed by atoms with van der Waals surface area (Å²) in [6, 6.07) is 0. The molecule has 0 unspecified atom stereocenters. The Bertz CT molecular complexity index is 836. The van der Waals surface area contributed by atoms with E-state index in [1.165, 1.54) is 12.4 Å². The number of hydrogen-bond acceptors (Lipinski definition) is 5. The van der Waals surface area contributed by atoms with Crippen LogP contribution in [-0.4, -0.2) is 38.1 Å². The number of hydrogen-bond donors (Lipinski definition) is 0. The van der Waals surface area contributed by atoms with Crippen LogP contribution >= 0.6 is 0 Å². The summed E-state index contributed by atoms with van der Waals surface area (Å²) in [6.45, 7) is 5.04. The fraction of sp³-hybridized carbons (Fsp3) is 0.500. The summed E-state index contributed by atoms with van der Waals surface area (Å²) >= 11 is 0. The van der Waals surface area contributed by atoms with Crippen molar-refractivity contribution in [3.63, 3.8) is 0 Å². The molecule has 0 bridgehead atoms. The Morgan fingerprint density at radius 2 is 1.95 bits per heavy atom. The van der Waals surface area contributed by atoms with Gasteiger partial charge in [0.1, 0.15) is 0 Å². The number of nitrogens with zero attached hydrogens (tertiary/aromatic N) is 4. The second-order valence-electron chi connectivity index (χ2n) is 5.90. The largest absolute Gasteiger partial charge is 0.516 e. The summed E-state index contributed by atoms with van der Waals surface area (Å²) in [5.41, 5.74) is -1.16. The molecule has 3 heterocycles. The van der Waals surface area contributed by atoms with E-state index in [0.29, 0.717) is 5.59 Å². The van der Waals surface area contributed by atoms with E-state index < -0.39 is 43.1 Å². The molecule has 21 heavy (non-hydrogen) atoms. The molecule has 1 aliphatic heterocycles. The Kier molecular flexibility index (Phi) is 2.06. The molecule has 0 N–H and O–H groups in total. The van der Waals surface area contributed by atoms with Crippen molar-refractivity contribution in [1.29, 1.82) is 0 Å². The summed E-state index contributed by atoms with van der Waals surface area (Å²) in [7, 11) is -0.755. The SMILES string of the molecule is [2H]c1nn(-c2cncc(B3OC(C)(C)C(C)(C)O3)n2)c([2H])c1C([2H])([2H])[2H]. The first-order chi connectivity index (χ1) is 11.8. The molecular weight excluding hydrogens is 267 g/mol. The van der Waals surface area contributed by atoms with Gasteiger partial charge >= 0.3 is 7.12 Å². The van der Waals surface area contributed by atoms with Crippen molar-refractivity contribution in [3.05, 3.63) is 30.3 Å². The molecular formula is C14H19BN4O2. The molecule has 0 aromatic carbocycles. The minimum atomic E-state index is -2.61. The molecule has 1 saturated heterocycles. The molecule has 2 aromatic rings. The topological polar surface area (TPSA) is 62.1 Å². The molecule has 1 fully saturated rings. The van der Waals surface area contributed by atoms with Gasteiger partial charge in [0.15, 0.2) is 5.82 Å². The molecule has 2 aromatic heterocycles. The smallest absolute Gasteiger partial charge is 0.398 e. The Hall–Kier alpha value is -1.73. The molecule has 0 amide bonds. The van der Waals surface area contributed by atoms with Gasteiger partial charge in [-0.1, -0.05) is 0 Å². The van der Waals surface area contributed by atoms with E-state index in [-0.39, 0.29) is 5.82 Å². The maximum absolute atomic E-state index is 8.06. The molecule has 0 saturated carbocycles. The summed E-state index contributed by atoms with van der Waals surface area (Å²) in [5.74, 6) is 0.117. The standard InChI is InChI=1S/C14H19BN4O2/c1-10-6-17-19(9-10)12-8-16-7-11(18-12)15-20-13(2,3)14(4,5)21-15/h6-9H,1-5H3/i1D3,6D,9D. The maximum Gasteiger partial charge on any atom is 0.516 e. The Morgan fingerprint density at radius 1 is 1.24 bits per heavy atom. The van der Waals surface area contributed by atoms with Crippen molar-refractivity contribution in [2.45, 2.75) is 45.7 Å². The van der Waals surface area contributed by atoms with Crippen LogP contribution in [0.15, 0.2) is 24.7 Å². The van der Waals surface area contributed by atoms with E-state index >= 15 is 0 Å². The van der Waals surface area contributed by atoms with E-state index in [9.17, 15) is 0 Å². The lowest BCUT2D eigenvalue weighted by Crippen LogP contribution is -2.41. The van der Waals surface area contributed by atoms with Gasteiger partial charge in [-0.25, -0.2) is 9.67 Å². The van der Waals surface area contributed by atoms with Crippen LogP contribution in [0.1, 0.15) is 40.1 Å². The lowest BCUT2D eigenvalue weighted by atomic mass is 9.85. The van der Waals surface area contributed by atoms with Crippen LogP contribution in [0.25, 0.3) is 5.82 Å². The van der Waals surface area contributed by atoms with Gasteiger partial charge in [-0.2, -0.15) is 5.10 Å². The van der Waals surface area contributed by atoms with Gasteiger partial charge in [0.25, 0.3) is 0 Å². The number of aromatic nitrogens is 4. The molecule has 3 rings (SSSR count). The molecule has 0 aliphatic carbocycles. The summed E-state index contributed by atoms with van der Waals surface area (Å²) in [6.07, 6.45) is 1.90. The highest BCUT2D eigenvalue weighted by Gasteiger charge is 2.52. The zero-order chi connectivity index (χ0) is 19.5. The van der Waals surface area contributed by atoms with E-state index in [1.54, 1.807) is 0 Å². The first-order valence-corrected chi connectivity index (χ1v) is 6.58. The third kappa shape index (κ3) is 2.47. The van der Waals surface area contributed by atoms with Gasteiger partial charge in [0.2, 0.25) is 0 Å². The van der Waals surface area contributed by atoms with Gasteiger partial charge in [-0.3, -0.25) is 4.98 Å². The zero-order valence-electron chi connectivity index (χ0n) is 17.3. The summed E-state index contributed by atoms with van der Waals surface area (Å²) < 4.78 is 51.0. The lowest BCUT2D eigenvalue weighted by Gasteiger charge is -2.32. The highest BCUT2D eigenvalue weighted by atomic mass is 16.7. The third-order valence-corrected chi connectivity index (χ3v) is 3.83. The van der Waals surface area contributed by atoms with Gasteiger partial charge in [0, 0.05) is 16.5 Å². The Balaban J connectivity index is 2.00. The Morgan fingerprint density at radius 3 is 2.57 bits per heavy atom. The molecule has 0 spiro atoms. The van der Waals surface area contributed by atoms with E-state index in [4.69, 9.17) is 16.2 Å². The van der Waals surface area contributed by atoms with Crippen molar-refractivity contribution in [3.8, 4) is 5.82 Å². The fourth-order valence-corrected chi connectivity index (χ4v) is 1.91. The van der Waals surface area contributed by atoms with Crippen LogP contribution in [-0.2, 0) is 9.31 Å². The van der Waals surface area contributed by atoms with Crippen LogP contribution < -0.4 is 5.59 Å². The predicted octanol–water partition coefficient (Wildman–Crippen LogP) is 1.27. The highest BCUT2D eigenvalue weighted by Crippen LogP contribution is 2.36. The quantitative estimate of drug-likeness (QED) is 0.780. The first kappa shape index (κ1) is 9.32. The van der Waals surface area contributed by atoms with E-state index in [0.717, 1.165) is 4.68 Å². The average Bonchev–Trinajstić information content (AvgIpc) is 2.91. The molecule has 1 aliphatic rings. The second-order valence-corrected chi connectivity index (χ2v) is 5.90. The molecule has 110 valence electrons. The zero-order valence-corrected chi connectivity index (χ0v) is 12.3. The van der Waals surface area contributed by atoms with Crippen molar-refractivity contribution < 1.29 is 16.2 Å². The lowest BCUT2D eigenvalue weighted by molar-refractivity contribution is 0.00578. The van der Waals surface area contributed by atoms with Crippen molar-refractivity contribution >= 4 is 12.7 Å². The molecule has 6 nitrogen and oxygen atoms in total. The van der Waals surface area contributed by atoms with Crippen molar-refractivity contribution in [2.24, 2.45) is 0 Å². The summed E-state index contributed by atoms with van der Waals surface area (Å²) in [5, 5.41) is 3.82. The monoisotopic (exact) mass is 291 g/mol. The highest BCUT2D eigenvalue weighted by molar-refractivity contribution is 6.61. The molecule has 0 atom stereocenters. The second kappa shape index (κ2) is 4.64. The van der Waals surface area contributed by atoms with Crippen LogP contribution in [0.4, 0.5) is 0 Å². The van der Waals surface area contributed by atoms with E-state index in [2.05, 4.69) is 15.1 Å². The normalized spacial score (nSPS) is 24.0. The van der Waals surface area contributed by atoms with Crippen LogP contribution in [0.2, 0.25) is 0 Å². The molecule has 7 heteroatoms. The van der Waals surface area contributed by atoms with Gasteiger partial charge in [-0.15, -0.1) is 0 Å². The number of rotatable bonds is 2. The van der Waals surface area contributed by atoms with E-state index in [1.807, 2.05) is 27.7 Å². The van der Waals surface area contributed by atoms with Gasteiger partial charge in [0.05, 0.1) is 31.9 Å². The minimum Gasteiger partial charge on any atom is -0.398 e. The molecule has 0 radical (unpaired) electrons. The fourth-order valence-electron chi connectivity index (χ4n) is 1.91. The van der Waals surface area contributed by atoms with Crippen molar-refractivity contribution in [2.75, 3.05) is 0 Å². The van der Waals surface area contributed by atoms with Crippen LogP contribution in [0, 0.1) is 6.85 Å². The maximum atomic E-state index is 8.06. The van der Waals surface area contributed by atoms with Crippen molar-refractivity contribution in [1.82, 2.24) is 19.7 Å². The third-order valence-electron chi connectivity index (χ3n) is 3.83. The van der Waals surface area contributed by atoms with Gasteiger partial charge in [-0.05, 0) is 40.1 Å².